The Kier molecular flexibility index (Phi) is 5.52. The molecule has 3 N–H and O–H groups in total. The first-order valence-electron chi connectivity index (χ1n) is 7.73. The van der Waals surface area contributed by atoms with Crippen molar-refractivity contribution in [1.82, 2.24) is 24.9 Å². The second kappa shape index (κ2) is 7.60. The molecule has 10 heteroatoms. The molecule has 0 saturated heterocycles. The number of carboxylic acid groups (broad SMARTS) is 1. The third-order valence-electron chi connectivity index (χ3n) is 3.57. The SMILES string of the molecule is CCCNC(=O)c1c(NC(=O)C(C)n2cc(C(=O)O)cn2)cnn1C. The molecular formula is C15H20N6O4. The van der Waals surface area contributed by atoms with Crippen molar-refractivity contribution < 1.29 is 19.5 Å². The maximum atomic E-state index is 12.4. The quantitative estimate of drug-likeness (QED) is 0.673. The minimum atomic E-state index is -1.12. The fourth-order valence-electron chi connectivity index (χ4n) is 2.14. The molecule has 0 bridgehead atoms. The van der Waals surface area contributed by atoms with Gasteiger partial charge in [-0.15, -0.1) is 0 Å². The van der Waals surface area contributed by atoms with E-state index in [0.717, 1.165) is 6.42 Å². The zero-order valence-corrected chi connectivity index (χ0v) is 14.2. The van der Waals surface area contributed by atoms with Crippen LogP contribution in [0.15, 0.2) is 18.6 Å². The zero-order valence-electron chi connectivity index (χ0n) is 14.2. The molecule has 2 amide bonds. The van der Waals surface area contributed by atoms with Crippen LogP contribution in [0, 0.1) is 0 Å². The smallest absolute Gasteiger partial charge is 0.338 e. The summed E-state index contributed by atoms with van der Waals surface area (Å²) in [7, 11) is 1.60. The number of aromatic carboxylic acids is 1. The van der Waals surface area contributed by atoms with Gasteiger partial charge in [-0.3, -0.25) is 19.0 Å². The molecule has 0 aromatic carbocycles. The number of nitrogens with one attached hydrogen (secondary N) is 2. The van der Waals surface area contributed by atoms with Crippen molar-refractivity contribution in [1.29, 1.82) is 0 Å². The van der Waals surface area contributed by atoms with Gasteiger partial charge in [0.15, 0.2) is 0 Å². The molecule has 2 heterocycles. The fraction of sp³-hybridized carbons (Fsp3) is 0.400. The molecular weight excluding hydrogens is 328 g/mol. The number of carbonyl (C=O) groups is 3. The summed E-state index contributed by atoms with van der Waals surface area (Å²) in [5.74, 6) is -1.91. The van der Waals surface area contributed by atoms with E-state index in [1.165, 1.54) is 28.0 Å². The van der Waals surface area contributed by atoms with Gasteiger partial charge in [-0.05, 0) is 13.3 Å². The Morgan fingerprint density at radius 2 is 2.00 bits per heavy atom. The summed E-state index contributed by atoms with van der Waals surface area (Å²) in [6.45, 7) is 4.02. The van der Waals surface area contributed by atoms with Crippen LogP contribution in [0.5, 0.6) is 0 Å². The summed E-state index contributed by atoms with van der Waals surface area (Å²) in [6.07, 6.45) is 4.61. The Hall–Kier alpha value is -3.17. The monoisotopic (exact) mass is 348 g/mol. The lowest BCUT2D eigenvalue weighted by Crippen LogP contribution is -2.29. The van der Waals surface area contributed by atoms with E-state index < -0.39 is 17.9 Å². The predicted molar refractivity (Wildman–Crippen MR) is 88.4 cm³/mol. The van der Waals surface area contributed by atoms with Gasteiger partial charge in [0.2, 0.25) is 5.91 Å². The lowest BCUT2D eigenvalue weighted by molar-refractivity contribution is -0.119. The molecule has 2 rings (SSSR count). The number of nitrogens with zero attached hydrogens (tertiary/aromatic N) is 4. The molecule has 0 radical (unpaired) electrons. The lowest BCUT2D eigenvalue weighted by Gasteiger charge is -2.13. The summed E-state index contributed by atoms with van der Waals surface area (Å²) < 4.78 is 2.62. The van der Waals surface area contributed by atoms with Gasteiger partial charge in [-0.1, -0.05) is 6.92 Å². The van der Waals surface area contributed by atoms with Crippen LogP contribution < -0.4 is 10.6 Å². The van der Waals surface area contributed by atoms with Crippen molar-refractivity contribution >= 4 is 23.5 Å². The van der Waals surface area contributed by atoms with Crippen LogP contribution in [0.1, 0.15) is 47.2 Å². The summed E-state index contributed by atoms with van der Waals surface area (Å²) in [5.41, 5.74) is 0.500. The Morgan fingerprint density at radius 3 is 2.60 bits per heavy atom. The second-order valence-corrected chi connectivity index (χ2v) is 5.47. The van der Waals surface area contributed by atoms with Gasteiger partial charge in [0.1, 0.15) is 11.7 Å². The van der Waals surface area contributed by atoms with E-state index in [1.54, 1.807) is 14.0 Å². The van der Waals surface area contributed by atoms with Crippen LogP contribution >= 0.6 is 0 Å². The highest BCUT2D eigenvalue weighted by atomic mass is 16.4. The predicted octanol–water partition coefficient (Wildman–Crippen LogP) is 0.654. The van der Waals surface area contributed by atoms with E-state index in [1.807, 2.05) is 6.92 Å². The highest BCUT2D eigenvalue weighted by molar-refractivity contribution is 6.03. The van der Waals surface area contributed by atoms with Crippen LogP contribution in [0.2, 0.25) is 0 Å². The number of amides is 2. The molecule has 0 aliphatic rings. The molecule has 1 unspecified atom stereocenters. The number of carbonyl (C=O) groups excluding carboxylic acids is 2. The van der Waals surface area contributed by atoms with Gasteiger partial charge in [0.05, 0.1) is 23.6 Å². The number of rotatable bonds is 7. The van der Waals surface area contributed by atoms with Gasteiger partial charge in [-0.2, -0.15) is 10.2 Å². The van der Waals surface area contributed by atoms with Crippen molar-refractivity contribution in [2.75, 3.05) is 11.9 Å². The molecule has 1 atom stereocenters. The van der Waals surface area contributed by atoms with Crippen molar-refractivity contribution in [3.8, 4) is 0 Å². The number of aryl methyl sites for hydroxylation is 1. The molecule has 25 heavy (non-hydrogen) atoms. The molecule has 2 aromatic heterocycles. The van der Waals surface area contributed by atoms with Gasteiger partial charge in [0, 0.05) is 19.8 Å². The van der Waals surface area contributed by atoms with E-state index in [9.17, 15) is 14.4 Å². The average molecular weight is 348 g/mol. The largest absolute Gasteiger partial charge is 0.478 e. The summed E-state index contributed by atoms with van der Waals surface area (Å²) in [4.78, 5) is 35.5. The van der Waals surface area contributed by atoms with Crippen molar-refractivity contribution in [2.45, 2.75) is 26.3 Å². The first-order chi connectivity index (χ1) is 11.8. The van der Waals surface area contributed by atoms with Gasteiger partial charge in [0.25, 0.3) is 5.91 Å². The van der Waals surface area contributed by atoms with Crippen LogP contribution in [-0.2, 0) is 11.8 Å². The van der Waals surface area contributed by atoms with Gasteiger partial charge in [-0.25, -0.2) is 4.79 Å². The van der Waals surface area contributed by atoms with Crippen LogP contribution in [0.3, 0.4) is 0 Å². The molecule has 0 fully saturated rings. The van der Waals surface area contributed by atoms with Crippen molar-refractivity contribution in [3.63, 3.8) is 0 Å². The molecule has 10 nitrogen and oxygen atoms in total. The molecule has 134 valence electrons. The third-order valence-corrected chi connectivity index (χ3v) is 3.57. The normalized spacial score (nSPS) is 11.8. The number of hydrogen-bond acceptors (Lipinski definition) is 5. The Morgan fingerprint density at radius 1 is 1.28 bits per heavy atom. The number of aromatic nitrogens is 4. The minimum Gasteiger partial charge on any atom is -0.478 e. The molecule has 2 aromatic rings. The number of carboxylic acids is 1. The van der Waals surface area contributed by atoms with E-state index in [2.05, 4.69) is 20.8 Å². The fourth-order valence-corrected chi connectivity index (χ4v) is 2.14. The minimum absolute atomic E-state index is 0.0133. The maximum Gasteiger partial charge on any atom is 0.338 e. The maximum absolute atomic E-state index is 12.4. The van der Waals surface area contributed by atoms with E-state index in [-0.39, 0.29) is 22.9 Å². The second-order valence-electron chi connectivity index (χ2n) is 5.47. The number of anilines is 1. The first-order valence-corrected chi connectivity index (χ1v) is 7.73. The topological polar surface area (TPSA) is 131 Å². The van der Waals surface area contributed by atoms with Crippen molar-refractivity contribution in [2.24, 2.45) is 7.05 Å². The highest BCUT2D eigenvalue weighted by Crippen LogP contribution is 2.17. The summed E-state index contributed by atoms with van der Waals surface area (Å²) in [5, 5.41) is 22.2. The average Bonchev–Trinajstić information content (AvgIpc) is 3.19. The van der Waals surface area contributed by atoms with Crippen molar-refractivity contribution in [3.05, 3.63) is 29.8 Å². The van der Waals surface area contributed by atoms with E-state index >= 15 is 0 Å². The highest BCUT2D eigenvalue weighted by Gasteiger charge is 2.22. The first kappa shape index (κ1) is 18.2. The zero-order chi connectivity index (χ0) is 18.6. The Bertz CT molecular complexity index is 794. The molecule has 0 saturated carbocycles. The number of hydrogen-bond donors (Lipinski definition) is 3. The van der Waals surface area contributed by atoms with E-state index in [4.69, 9.17) is 5.11 Å². The van der Waals surface area contributed by atoms with Crippen LogP contribution in [-0.4, -0.2) is 49.0 Å². The Labute approximate surface area is 143 Å². The summed E-state index contributed by atoms with van der Waals surface area (Å²) in [6, 6.07) is -0.764. The molecule has 0 aliphatic heterocycles. The third kappa shape index (κ3) is 4.03. The van der Waals surface area contributed by atoms with E-state index in [0.29, 0.717) is 6.54 Å². The Balaban J connectivity index is 2.14. The van der Waals surface area contributed by atoms with Gasteiger partial charge < -0.3 is 15.7 Å². The van der Waals surface area contributed by atoms with Gasteiger partial charge >= 0.3 is 5.97 Å². The molecule has 0 spiro atoms. The lowest BCUT2D eigenvalue weighted by atomic mass is 10.2. The standard InChI is InChI=1S/C15H20N6O4/c1-4-5-16-14(23)12-11(7-17-20(12)3)19-13(22)9(2)21-8-10(6-18-21)15(24)25/h6-9H,4-5H2,1-3H3,(H,16,23)(H,19,22)(H,24,25). The van der Waals surface area contributed by atoms with Crippen LogP contribution in [0.4, 0.5) is 5.69 Å². The summed E-state index contributed by atoms with van der Waals surface area (Å²) >= 11 is 0. The molecule has 0 aliphatic carbocycles. The van der Waals surface area contributed by atoms with Crippen LogP contribution in [0.25, 0.3) is 0 Å².